The van der Waals surface area contributed by atoms with Crippen molar-refractivity contribution in [2.75, 3.05) is 0 Å². The summed E-state index contributed by atoms with van der Waals surface area (Å²) in [6, 6.07) is 4.50. The molecule has 1 aliphatic rings. The number of alkyl halides is 3. The number of rotatable bonds is 6. The van der Waals surface area contributed by atoms with Gasteiger partial charge >= 0.3 is 13.1 Å². The molecule has 0 spiro atoms. The van der Waals surface area contributed by atoms with Crippen LogP contribution in [0, 0.1) is 0 Å². The number of carbonyl (C=O) groups is 2. The molecule has 0 bridgehead atoms. The van der Waals surface area contributed by atoms with Gasteiger partial charge in [0, 0.05) is 18.7 Å². The molecular formula is C14H14BClF2O5. The number of ketones is 1. The lowest BCUT2D eigenvalue weighted by Gasteiger charge is -2.28. The topological polar surface area (TPSA) is 83.8 Å². The van der Waals surface area contributed by atoms with Gasteiger partial charge in [-0.25, -0.2) is 13.6 Å². The minimum absolute atomic E-state index is 0.0613. The van der Waals surface area contributed by atoms with E-state index in [1.54, 1.807) is 6.07 Å². The number of hydrogen-bond acceptors (Lipinski definition) is 4. The average molecular weight is 347 g/mol. The summed E-state index contributed by atoms with van der Waals surface area (Å²) in [7, 11) is -1.40. The van der Waals surface area contributed by atoms with Crippen LogP contribution < -0.4 is 4.65 Å². The zero-order valence-corrected chi connectivity index (χ0v) is 12.7. The lowest BCUT2D eigenvalue weighted by atomic mass is 9.64. The number of hydrogen-bond donors (Lipinski definition) is 2. The van der Waals surface area contributed by atoms with E-state index in [0.29, 0.717) is 5.56 Å². The SMILES string of the molecule is O=C(O)c1cccc2c1OB(O)[C@@H](CC(=O)C(Cl)CC(F)F)C2. The molecule has 0 saturated heterocycles. The van der Waals surface area contributed by atoms with Gasteiger partial charge in [-0.05, 0) is 18.1 Å². The molecule has 1 aromatic rings. The van der Waals surface area contributed by atoms with E-state index in [2.05, 4.69) is 0 Å². The fraction of sp³-hybridized carbons (Fsp3) is 0.429. The number of carboxylic acid groups (broad SMARTS) is 1. The molecule has 1 heterocycles. The lowest BCUT2D eigenvalue weighted by molar-refractivity contribution is -0.119. The van der Waals surface area contributed by atoms with E-state index < -0.39 is 42.9 Å². The van der Waals surface area contributed by atoms with E-state index in [9.17, 15) is 23.4 Å². The molecule has 124 valence electrons. The maximum Gasteiger partial charge on any atom is 0.526 e. The third-order valence-corrected chi connectivity index (χ3v) is 4.07. The van der Waals surface area contributed by atoms with Crippen LogP contribution in [0.25, 0.3) is 0 Å². The Balaban J connectivity index is 2.11. The first kappa shape index (κ1) is 17.7. The first-order chi connectivity index (χ1) is 10.8. The van der Waals surface area contributed by atoms with Gasteiger partial charge in [0.25, 0.3) is 0 Å². The summed E-state index contributed by atoms with van der Waals surface area (Å²) in [4.78, 5) is 23.0. The van der Waals surface area contributed by atoms with Crippen molar-refractivity contribution in [1.29, 1.82) is 0 Å². The summed E-state index contributed by atoms with van der Waals surface area (Å²) < 4.78 is 29.7. The molecule has 0 fully saturated rings. The molecule has 1 aromatic carbocycles. The summed E-state index contributed by atoms with van der Waals surface area (Å²) in [5, 5.41) is 17.7. The molecule has 1 aliphatic heterocycles. The summed E-state index contributed by atoms with van der Waals surface area (Å²) in [6.45, 7) is 0. The van der Waals surface area contributed by atoms with Gasteiger partial charge in [-0.1, -0.05) is 12.1 Å². The van der Waals surface area contributed by atoms with Crippen molar-refractivity contribution in [2.24, 2.45) is 0 Å². The first-order valence-electron chi connectivity index (χ1n) is 6.94. The highest BCUT2D eigenvalue weighted by Crippen LogP contribution is 2.36. The van der Waals surface area contributed by atoms with Crippen molar-refractivity contribution < 1.29 is 33.2 Å². The minimum atomic E-state index is -2.69. The highest BCUT2D eigenvalue weighted by molar-refractivity contribution is 6.47. The highest BCUT2D eigenvalue weighted by atomic mass is 35.5. The zero-order chi connectivity index (χ0) is 17.1. The van der Waals surface area contributed by atoms with E-state index >= 15 is 0 Å². The van der Waals surface area contributed by atoms with E-state index in [1.807, 2.05) is 0 Å². The number of aromatic carboxylic acids is 1. The van der Waals surface area contributed by atoms with Gasteiger partial charge < -0.3 is 14.8 Å². The third kappa shape index (κ3) is 4.20. The number of carboxylic acids is 1. The van der Waals surface area contributed by atoms with Gasteiger partial charge in [0.1, 0.15) is 5.75 Å². The van der Waals surface area contributed by atoms with E-state index in [4.69, 9.17) is 21.4 Å². The van der Waals surface area contributed by atoms with E-state index in [-0.39, 0.29) is 24.2 Å². The Morgan fingerprint density at radius 3 is 2.74 bits per heavy atom. The van der Waals surface area contributed by atoms with Crippen LogP contribution in [0.1, 0.15) is 28.8 Å². The van der Waals surface area contributed by atoms with Crippen LogP contribution in [-0.2, 0) is 11.2 Å². The smallest absolute Gasteiger partial charge is 0.526 e. The molecule has 1 unspecified atom stereocenters. The maximum atomic E-state index is 12.3. The molecule has 23 heavy (non-hydrogen) atoms. The lowest BCUT2D eigenvalue weighted by Crippen LogP contribution is -2.37. The standard InChI is InChI=1S/C14H14BClF2O5/c16-10(6-12(17)18)11(19)5-8-4-7-2-1-3-9(14(20)21)13(7)23-15(8)22/h1-3,8,10,12,22H,4-6H2,(H,20,21)/t8-,10?/m1/s1. The van der Waals surface area contributed by atoms with Crippen molar-refractivity contribution in [2.45, 2.75) is 36.9 Å². The quantitative estimate of drug-likeness (QED) is 0.610. The zero-order valence-electron chi connectivity index (χ0n) is 11.9. The number of para-hydroxylation sites is 1. The Morgan fingerprint density at radius 1 is 1.43 bits per heavy atom. The van der Waals surface area contributed by atoms with Crippen molar-refractivity contribution in [3.05, 3.63) is 29.3 Å². The van der Waals surface area contributed by atoms with Crippen molar-refractivity contribution in [1.82, 2.24) is 0 Å². The first-order valence-corrected chi connectivity index (χ1v) is 7.38. The van der Waals surface area contributed by atoms with Crippen LogP contribution in [0.2, 0.25) is 5.82 Å². The van der Waals surface area contributed by atoms with Gasteiger partial charge in [0.15, 0.2) is 5.78 Å². The van der Waals surface area contributed by atoms with Crippen LogP contribution >= 0.6 is 11.6 Å². The van der Waals surface area contributed by atoms with Crippen LogP contribution in [0.4, 0.5) is 8.78 Å². The number of Topliss-reactive ketones (excluding diaryl/α,β-unsaturated/α-hetero) is 1. The second kappa shape index (κ2) is 7.27. The second-order valence-electron chi connectivity index (χ2n) is 5.34. The second-order valence-corrected chi connectivity index (χ2v) is 5.86. The summed E-state index contributed by atoms with van der Waals surface area (Å²) in [5.74, 6) is -2.40. The Hall–Kier alpha value is -1.67. The van der Waals surface area contributed by atoms with Gasteiger partial charge in [0.2, 0.25) is 6.43 Å². The van der Waals surface area contributed by atoms with Gasteiger partial charge in [0.05, 0.1) is 10.9 Å². The van der Waals surface area contributed by atoms with Gasteiger partial charge in [-0.2, -0.15) is 0 Å². The largest absolute Gasteiger partial charge is 0.535 e. The van der Waals surface area contributed by atoms with E-state index in [1.165, 1.54) is 12.1 Å². The number of halogens is 3. The van der Waals surface area contributed by atoms with Crippen molar-refractivity contribution >= 4 is 30.5 Å². The van der Waals surface area contributed by atoms with Gasteiger partial charge in [-0.3, -0.25) is 4.79 Å². The number of benzene rings is 1. The molecule has 0 radical (unpaired) electrons. The van der Waals surface area contributed by atoms with E-state index in [0.717, 1.165) is 0 Å². The predicted octanol–water partition coefficient (Wildman–Crippen LogP) is 2.39. The average Bonchev–Trinajstić information content (AvgIpc) is 2.46. The monoisotopic (exact) mass is 346 g/mol. The Bertz CT molecular complexity index is 613. The minimum Gasteiger partial charge on any atom is -0.535 e. The van der Waals surface area contributed by atoms with Crippen LogP contribution in [-0.4, -0.2) is 40.8 Å². The molecule has 2 atom stereocenters. The highest BCUT2D eigenvalue weighted by Gasteiger charge is 2.38. The number of fused-ring (bicyclic) bond motifs is 1. The molecule has 5 nitrogen and oxygen atoms in total. The fourth-order valence-corrected chi connectivity index (χ4v) is 2.72. The molecule has 2 N–H and O–H groups in total. The molecular weight excluding hydrogens is 332 g/mol. The molecule has 9 heteroatoms. The fourth-order valence-electron chi connectivity index (χ4n) is 2.50. The van der Waals surface area contributed by atoms with Gasteiger partial charge in [-0.15, -0.1) is 11.6 Å². The summed E-state index contributed by atoms with van der Waals surface area (Å²) in [5.41, 5.74) is 0.451. The normalized spacial score (nSPS) is 18.3. The molecule has 0 amide bonds. The Labute approximate surface area is 136 Å². The van der Waals surface area contributed by atoms with Crippen LogP contribution in [0.3, 0.4) is 0 Å². The summed E-state index contributed by atoms with van der Waals surface area (Å²) >= 11 is 5.63. The van der Waals surface area contributed by atoms with Crippen LogP contribution in [0.5, 0.6) is 5.75 Å². The molecule has 0 aliphatic carbocycles. The van der Waals surface area contributed by atoms with Crippen molar-refractivity contribution in [3.8, 4) is 5.75 Å². The Kier molecular flexibility index (Phi) is 5.59. The predicted molar refractivity (Wildman–Crippen MR) is 79.3 cm³/mol. The molecule has 0 aromatic heterocycles. The summed E-state index contributed by atoms with van der Waals surface area (Å²) in [6.07, 6.45) is -3.46. The molecule has 0 saturated carbocycles. The third-order valence-electron chi connectivity index (χ3n) is 3.65. The number of carbonyl (C=O) groups excluding carboxylic acids is 1. The van der Waals surface area contributed by atoms with Crippen LogP contribution in [0.15, 0.2) is 18.2 Å². The van der Waals surface area contributed by atoms with Crippen molar-refractivity contribution in [3.63, 3.8) is 0 Å². The maximum absolute atomic E-state index is 12.3. The molecule has 2 rings (SSSR count). The Morgan fingerprint density at radius 2 is 2.13 bits per heavy atom.